The van der Waals surface area contributed by atoms with Crippen molar-refractivity contribution in [2.45, 2.75) is 38.1 Å². The van der Waals surface area contributed by atoms with Gasteiger partial charge in [0.15, 0.2) is 0 Å². The third-order valence-corrected chi connectivity index (χ3v) is 4.73. The second-order valence-corrected chi connectivity index (χ2v) is 6.57. The zero-order chi connectivity index (χ0) is 16.5. The van der Waals surface area contributed by atoms with E-state index in [9.17, 15) is 4.79 Å². The predicted octanol–water partition coefficient (Wildman–Crippen LogP) is 2.01. The highest BCUT2D eigenvalue weighted by atomic mass is 16.1. The van der Waals surface area contributed by atoms with Crippen LogP contribution in [-0.2, 0) is 0 Å². The molecular weight excluding hydrogens is 288 g/mol. The lowest BCUT2D eigenvalue weighted by atomic mass is 10.0. The van der Waals surface area contributed by atoms with E-state index in [2.05, 4.69) is 34.2 Å². The predicted molar refractivity (Wildman–Crippen MR) is 93.6 cm³/mol. The lowest BCUT2D eigenvalue weighted by Crippen LogP contribution is -2.42. The molecule has 1 N–H and O–H groups in total. The number of hydrogen-bond donors (Lipinski definition) is 1. The summed E-state index contributed by atoms with van der Waals surface area (Å²) in [6, 6.07) is 4.23. The number of aromatic nitrogens is 1. The molecular formula is C18H30N4O. The van der Waals surface area contributed by atoms with Crippen molar-refractivity contribution in [1.29, 1.82) is 0 Å². The molecule has 1 fully saturated rings. The van der Waals surface area contributed by atoms with Crippen molar-refractivity contribution in [2.75, 3.05) is 40.3 Å². The quantitative estimate of drug-likeness (QED) is 0.745. The Bertz CT molecular complexity index is 457. The van der Waals surface area contributed by atoms with Crippen LogP contribution in [0.4, 0.5) is 0 Å². The van der Waals surface area contributed by atoms with Gasteiger partial charge in [-0.1, -0.05) is 6.42 Å². The minimum Gasteiger partial charge on any atom is -0.352 e. The average Bonchev–Trinajstić information content (AvgIpc) is 2.59. The third kappa shape index (κ3) is 6.28. The number of unbranched alkanes of at least 4 members (excludes halogenated alkanes) is 2. The van der Waals surface area contributed by atoms with E-state index < -0.39 is 0 Å². The summed E-state index contributed by atoms with van der Waals surface area (Å²) in [6.45, 7) is 4.35. The van der Waals surface area contributed by atoms with Crippen LogP contribution in [0.3, 0.4) is 0 Å². The second-order valence-electron chi connectivity index (χ2n) is 6.57. The number of pyridine rings is 1. The van der Waals surface area contributed by atoms with E-state index in [1.165, 1.54) is 32.4 Å². The van der Waals surface area contributed by atoms with Gasteiger partial charge in [-0.15, -0.1) is 0 Å². The average molecular weight is 318 g/mol. The third-order valence-electron chi connectivity index (χ3n) is 4.73. The molecule has 2 heterocycles. The van der Waals surface area contributed by atoms with E-state index in [0.29, 0.717) is 5.56 Å². The van der Waals surface area contributed by atoms with Gasteiger partial charge in [-0.2, -0.15) is 0 Å². The molecule has 2 rings (SSSR count). The summed E-state index contributed by atoms with van der Waals surface area (Å²) in [6.07, 6.45) is 9.27. The van der Waals surface area contributed by atoms with Crippen molar-refractivity contribution in [3.8, 4) is 0 Å². The van der Waals surface area contributed by atoms with Crippen LogP contribution in [0.25, 0.3) is 0 Å². The largest absolute Gasteiger partial charge is 0.352 e. The number of hydrogen-bond acceptors (Lipinski definition) is 4. The SMILES string of the molecule is CN1CCC(N(C)CCCCCNC(=O)c2ccncc2)CC1. The number of amides is 1. The van der Waals surface area contributed by atoms with Gasteiger partial charge in [0.1, 0.15) is 0 Å². The van der Waals surface area contributed by atoms with Crippen molar-refractivity contribution in [1.82, 2.24) is 20.1 Å². The Morgan fingerprint density at radius 1 is 1.26 bits per heavy atom. The highest BCUT2D eigenvalue weighted by Crippen LogP contribution is 2.14. The Hall–Kier alpha value is -1.46. The minimum absolute atomic E-state index is 0.00385. The van der Waals surface area contributed by atoms with Crippen LogP contribution in [0.15, 0.2) is 24.5 Å². The molecule has 0 radical (unpaired) electrons. The number of carbonyl (C=O) groups excluding carboxylic acids is 1. The van der Waals surface area contributed by atoms with Gasteiger partial charge in [-0.25, -0.2) is 0 Å². The normalized spacial score (nSPS) is 16.7. The number of piperidine rings is 1. The Balaban J connectivity index is 1.51. The smallest absolute Gasteiger partial charge is 0.251 e. The molecule has 1 aromatic heterocycles. The van der Waals surface area contributed by atoms with E-state index in [1.54, 1.807) is 24.5 Å². The maximum atomic E-state index is 11.9. The lowest BCUT2D eigenvalue weighted by molar-refractivity contribution is 0.0952. The van der Waals surface area contributed by atoms with Crippen LogP contribution in [0.5, 0.6) is 0 Å². The van der Waals surface area contributed by atoms with Crippen LogP contribution >= 0.6 is 0 Å². The van der Waals surface area contributed by atoms with E-state index in [-0.39, 0.29) is 5.91 Å². The molecule has 0 saturated carbocycles. The Morgan fingerprint density at radius 3 is 2.65 bits per heavy atom. The summed E-state index contributed by atoms with van der Waals surface area (Å²) in [7, 11) is 4.46. The Morgan fingerprint density at radius 2 is 1.96 bits per heavy atom. The first kappa shape index (κ1) is 17.9. The van der Waals surface area contributed by atoms with Crippen LogP contribution < -0.4 is 5.32 Å². The van der Waals surface area contributed by atoms with Crippen LogP contribution in [0.2, 0.25) is 0 Å². The fourth-order valence-electron chi connectivity index (χ4n) is 3.09. The van der Waals surface area contributed by atoms with Crippen LogP contribution in [0.1, 0.15) is 42.5 Å². The molecule has 5 heteroatoms. The molecule has 0 aromatic carbocycles. The van der Waals surface area contributed by atoms with Gasteiger partial charge in [-0.3, -0.25) is 9.78 Å². The van der Waals surface area contributed by atoms with E-state index in [1.807, 2.05) is 0 Å². The molecule has 0 bridgehead atoms. The molecule has 1 aromatic rings. The number of rotatable bonds is 8. The van der Waals surface area contributed by atoms with Crippen molar-refractivity contribution in [3.63, 3.8) is 0 Å². The summed E-state index contributed by atoms with van der Waals surface area (Å²) in [5.74, 6) is -0.00385. The molecule has 1 aliphatic rings. The summed E-state index contributed by atoms with van der Waals surface area (Å²) in [4.78, 5) is 20.7. The fraction of sp³-hybridized carbons (Fsp3) is 0.667. The maximum Gasteiger partial charge on any atom is 0.251 e. The molecule has 1 aliphatic heterocycles. The molecule has 0 atom stereocenters. The molecule has 1 saturated heterocycles. The molecule has 0 spiro atoms. The number of nitrogens with zero attached hydrogens (tertiary/aromatic N) is 3. The van der Waals surface area contributed by atoms with Gasteiger partial charge in [0, 0.05) is 30.5 Å². The molecule has 128 valence electrons. The summed E-state index contributed by atoms with van der Waals surface area (Å²) in [5.41, 5.74) is 0.682. The zero-order valence-corrected chi connectivity index (χ0v) is 14.5. The van der Waals surface area contributed by atoms with Crippen LogP contribution in [0, 0.1) is 0 Å². The van der Waals surface area contributed by atoms with E-state index in [4.69, 9.17) is 0 Å². The summed E-state index contributed by atoms with van der Waals surface area (Å²) in [5, 5.41) is 2.97. The van der Waals surface area contributed by atoms with Gasteiger partial charge >= 0.3 is 0 Å². The van der Waals surface area contributed by atoms with Crippen molar-refractivity contribution >= 4 is 5.91 Å². The number of likely N-dealkylation sites (tertiary alicyclic amines) is 1. The zero-order valence-electron chi connectivity index (χ0n) is 14.5. The first-order valence-corrected chi connectivity index (χ1v) is 8.74. The van der Waals surface area contributed by atoms with Crippen LogP contribution in [-0.4, -0.2) is 67.0 Å². The first-order chi connectivity index (χ1) is 11.2. The molecule has 5 nitrogen and oxygen atoms in total. The molecule has 23 heavy (non-hydrogen) atoms. The first-order valence-electron chi connectivity index (χ1n) is 8.74. The van der Waals surface area contributed by atoms with E-state index >= 15 is 0 Å². The number of carbonyl (C=O) groups is 1. The summed E-state index contributed by atoms with van der Waals surface area (Å²) >= 11 is 0. The second kappa shape index (κ2) is 9.63. The maximum absolute atomic E-state index is 11.9. The van der Waals surface area contributed by atoms with Crippen molar-refractivity contribution in [3.05, 3.63) is 30.1 Å². The highest BCUT2D eigenvalue weighted by molar-refractivity contribution is 5.93. The van der Waals surface area contributed by atoms with Gasteiger partial charge in [0.05, 0.1) is 0 Å². The van der Waals surface area contributed by atoms with Crippen molar-refractivity contribution in [2.24, 2.45) is 0 Å². The standard InChI is InChI=1S/C18H30N4O/c1-21-14-8-17(9-15-21)22(2)13-5-3-4-10-20-18(23)16-6-11-19-12-7-16/h6-7,11-12,17H,3-5,8-10,13-15H2,1-2H3,(H,20,23). The van der Waals surface area contributed by atoms with Gasteiger partial charge < -0.3 is 15.1 Å². The highest BCUT2D eigenvalue weighted by Gasteiger charge is 2.19. The number of nitrogens with one attached hydrogen (secondary N) is 1. The van der Waals surface area contributed by atoms with Gasteiger partial charge in [0.2, 0.25) is 0 Å². The summed E-state index contributed by atoms with van der Waals surface area (Å²) < 4.78 is 0. The van der Waals surface area contributed by atoms with Gasteiger partial charge in [-0.05, 0) is 71.5 Å². The minimum atomic E-state index is -0.00385. The van der Waals surface area contributed by atoms with Crippen molar-refractivity contribution < 1.29 is 4.79 Å². The van der Waals surface area contributed by atoms with Gasteiger partial charge in [0.25, 0.3) is 5.91 Å². The molecule has 1 amide bonds. The lowest BCUT2D eigenvalue weighted by Gasteiger charge is -2.35. The topological polar surface area (TPSA) is 48.5 Å². The Labute approximate surface area is 140 Å². The fourth-order valence-corrected chi connectivity index (χ4v) is 3.09. The molecule has 0 aliphatic carbocycles. The molecule has 0 unspecified atom stereocenters. The Kier molecular flexibility index (Phi) is 7.49. The monoisotopic (exact) mass is 318 g/mol. The van der Waals surface area contributed by atoms with E-state index in [0.717, 1.165) is 32.0 Å².